The van der Waals surface area contributed by atoms with Crippen molar-refractivity contribution in [2.75, 3.05) is 11.9 Å². The number of amides is 1. The molecule has 4 N–H and O–H groups in total. The van der Waals surface area contributed by atoms with Crippen molar-refractivity contribution in [1.29, 1.82) is 0 Å². The molecule has 0 aromatic heterocycles. The van der Waals surface area contributed by atoms with E-state index in [0.29, 0.717) is 15.7 Å². The Morgan fingerprint density at radius 2 is 2.20 bits per heavy atom. The van der Waals surface area contributed by atoms with Gasteiger partial charge in [0, 0.05) is 11.6 Å². The van der Waals surface area contributed by atoms with Gasteiger partial charge in [-0.3, -0.25) is 4.79 Å². The molecule has 6 heteroatoms. The third-order valence-corrected chi connectivity index (χ3v) is 2.26. The number of nitrogens with one attached hydrogen (secondary N) is 1. The predicted molar refractivity (Wildman–Crippen MR) is 60.2 cm³/mol. The highest BCUT2D eigenvalue weighted by Crippen LogP contribution is 2.25. The number of aliphatic hydroxyl groups is 1. The van der Waals surface area contributed by atoms with Crippen molar-refractivity contribution >= 4 is 34.8 Å². The molecule has 0 spiro atoms. The fourth-order valence-corrected chi connectivity index (χ4v) is 1.37. The number of hydrogen-bond donors (Lipinski definition) is 3. The van der Waals surface area contributed by atoms with Crippen LogP contribution in [0.4, 0.5) is 5.69 Å². The molecule has 0 aliphatic rings. The minimum atomic E-state index is -1.24. The van der Waals surface area contributed by atoms with E-state index in [2.05, 4.69) is 5.32 Å². The van der Waals surface area contributed by atoms with Gasteiger partial charge in [-0.1, -0.05) is 23.2 Å². The lowest BCUT2D eigenvalue weighted by atomic mass is 10.3. The summed E-state index contributed by atoms with van der Waals surface area (Å²) in [6, 6.07) is 4.62. The molecule has 0 saturated carbocycles. The van der Waals surface area contributed by atoms with Crippen LogP contribution in [0.5, 0.6) is 0 Å². The Hall–Kier alpha value is -0.810. The first-order valence-corrected chi connectivity index (χ1v) is 4.94. The molecule has 1 aromatic carbocycles. The molecular weight excluding hydrogens is 239 g/mol. The minimum Gasteiger partial charge on any atom is -0.382 e. The van der Waals surface area contributed by atoms with Crippen molar-refractivity contribution < 1.29 is 9.90 Å². The molecule has 0 saturated heterocycles. The van der Waals surface area contributed by atoms with E-state index in [9.17, 15) is 4.79 Å². The van der Waals surface area contributed by atoms with E-state index in [0.717, 1.165) is 0 Å². The summed E-state index contributed by atoms with van der Waals surface area (Å²) in [6.45, 7) is -0.142. The smallest absolute Gasteiger partial charge is 0.254 e. The highest BCUT2D eigenvalue weighted by Gasteiger charge is 2.14. The molecule has 0 radical (unpaired) electrons. The zero-order chi connectivity index (χ0) is 11.4. The average molecular weight is 249 g/mol. The molecule has 0 fully saturated rings. The standard InChI is InChI=1S/C9H10Cl2N2O2/c10-5-1-2-7(6(11)3-5)13-9(15)8(14)4-12/h1-3,8,14H,4,12H2,(H,13,15). The summed E-state index contributed by atoms with van der Waals surface area (Å²) in [5, 5.41) is 12.3. The number of carbonyl (C=O) groups excluding carboxylic acids is 1. The second-order valence-corrected chi connectivity index (χ2v) is 3.71. The first-order chi connectivity index (χ1) is 7.04. The largest absolute Gasteiger partial charge is 0.382 e. The van der Waals surface area contributed by atoms with Crippen LogP contribution < -0.4 is 11.1 Å². The zero-order valence-corrected chi connectivity index (χ0v) is 9.22. The summed E-state index contributed by atoms with van der Waals surface area (Å²) < 4.78 is 0. The van der Waals surface area contributed by atoms with Crippen LogP contribution in [0.15, 0.2) is 18.2 Å². The summed E-state index contributed by atoms with van der Waals surface area (Å²) >= 11 is 11.5. The van der Waals surface area contributed by atoms with Crippen LogP contribution in [-0.2, 0) is 4.79 Å². The molecule has 0 aliphatic heterocycles. The minimum absolute atomic E-state index is 0.142. The number of benzene rings is 1. The molecule has 1 unspecified atom stereocenters. The topological polar surface area (TPSA) is 75.3 Å². The van der Waals surface area contributed by atoms with Crippen LogP contribution in [0.1, 0.15) is 0 Å². The predicted octanol–water partition coefficient (Wildman–Crippen LogP) is 1.25. The number of anilines is 1. The van der Waals surface area contributed by atoms with Crippen molar-refractivity contribution in [1.82, 2.24) is 0 Å². The van der Waals surface area contributed by atoms with Crippen molar-refractivity contribution in [3.63, 3.8) is 0 Å². The lowest BCUT2D eigenvalue weighted by molar-refractivity contribution is -0.123. The quantitative estimate of drug-likeness (QED) is 0.754. The molecule has 0 heterocycles. The summed E-state index contributed by atoms with van der Waals surface area (Å²) in [4.78, 5) is 11.2. The van der Waals surface area contributed by atoms with E-state index in [1.807, 2.05) is 0 Å². The van der Waals surface area contributed by atoms with Gasteiger partial charge in [0.1, 0.15) is 6.10 Å². The maximum absolute atomic E-state index is 11.2. The summed E-state index contributed by atoms with van der Waals surface area (Å²) in [5.41, 5.74) is 5.51. The molecule has 0 bridgehead atoms. The Bertz CT molecular complexity index is 371. The SMILES string of the molecule is NCC(O)C(=O)Nc1ccc(Cl)cc1Cl. The van der Waals surface area contributed by atoms with Gasteiger partial charge in [0.25, 0.3) is 5.91 Å². The summed E-state index contributed by atoms with van der Waals surface area (Å²) in [7, 11) is 0. The fraction of sp³-hybridized carbons (Fsp3) is 0.222. The van der Waals surface area contributed by atoms with Crippen molar-refractivity contribution in [3.8, 4) is 0 Å². The van der Waals surface area contributed by atoms with Crippen LogP contribution in [0, 0.1) is 0 Å². The van der Waals surface area contributed by atoms with Gasteiger partial charge in [-0.15, -0.1) is 0 Å². The first-order valence-electron chi connectivity index (χ1n) is 4.18. The molecule has 15 heavy (non-hydrogen) atoms. The van der Waals surface area contributed by atoms with Crippen molar-refractivity contribution in [2.45, 2.75) is 6.10 Å². The van der Waals surface area contributed by atoms with E-state index in [4.69, 9.17) is 34.0 Å². The highest BCUT2D eigenvalue weighted by atomic mass is 35.5. The number of rotatable bonds is 3. The van der Waals surface area contributed by atoms with Crippen LogP contribution in [-0.4, -0.2) is 23.7 Å². The third kappa shape index (κ3) is 3.35. The monoisotopic (exact) mass is 248 g/mol. The number of aliphatic hydroxyl groups excluding tert-OH is 1. The Morgan fingerprint density at radius 3 is 2.73 bits per heavy atom. The number of nitrogens with two attached hydrogens (primary N) is 1. The van der Waals surface area contributed by atoms with E-state index in [1.165, 1.54) is 6.07 Å². The second-order valence-electron chi connectivity index (χ2n) is 2.86. The van der Waals surface area contributed by atoms with Gasteiger partial charge in [-0.2, -0.15) is 0 Å². The van der Waals surface area contributed by atoms with Gasteiger partial charge in [0.15, 0.2) is 0 Å². The Kier molecular flexibility index (Phi) is 4.35. The molecule has 1 amide bonds. The summed E-state index contributed by atoms with van der Waals surface area (Å²) in [5.74, 6) is -0.596. The highest BCUT2D eigenvalue weighted by molar-refractivity contribution is 6.36. The van der Waals surface area contributed by atoms with Crippen LogP contribution in [0.3, 0.4) is 0 Å². The lowest BCUT2D eigenvalue weighted by Crippen LogP contribution is -2.34. The summed E-state index contributed by atoms with van der Waals surface area (Å²) in [6.07, 6.45) is -1.24. The van der Waals surface area contributed by atoms with Gasteiger partial charge in [-0.05, 0) is 18.2 Å². The Labute approximate surface area is 97.0 Å². The Morgan fingerprint density at radius 1 is 1.53 bits per heavy atom. The molecule has 4 nitrogen and oxygen atoms in total. The van der Waals surface area contributed by atoms with Crippen LogP contribution in [0.25, 0.3) is 0 Å². The molecule has 82 valence electrons. The third-order valence-electron chi connectivity index (χ3n) is 1.71. The van der Waals surface area contributed by atoms with Gasteiger partial charge in [-0.25, -0.2) is 0 Å². The fourth-order valence-electron chi connectivity index (χ4n) is 0.914. The van der Waals surface area contributed by atoms with Gasteiger partial charge in [0.05, 0.1) is 10.7 Å². The van der Waals surface area contributed by atoms with Crippen LogP contribution >= 0.6 is 23.2 Å². The number of carbonyl (C=O) groups is 1. The maximum Gasteiger partial charge on any atom is 0.254 e. The van der Waals surface area contributed by atoms with E-state index >= 15 is 0 Å². The molecule has 1 atom stereocenters. The van der Waals surface area contributed by atoms with E-state index in [-0.39, 0.29) is 6.54 Å². The zero-order valence-electron chi connectivity index (χ0n) is 7.71. The molecule has 1 rings (SSSR count). The van der Waals surface area contributed by atoms with E-state index in [1.54, 1.807) is 12.1 Å². The van der Waals surface area contributed by atoms with Gasteiger partial charge >= 0.3 is 0 Å². The Balaban J connectivity index is 2.77. The van der Waals surface area contributed by atoms with Gasteiger partial charge < -0.3 is 16.2 Å². The first kappa shape index (κ1) is 12.3. The second kappa shape index (κ2) is 5.32. The lowest BCUT2D eigenvalue weighted by Gasteiger charge is -2.10. The van der Waals surface area contributed by atoms with Crippen molar-refractivity contribution in [2.24, 2.45) is 5.73 Å². The van der Waals surface area contributed by atoms with E-state index < -0.39 is 12.0 Å². The van der Waals surface area contributed by atoms with Gasteiger partial charge in [0.2, 0.25) is 0 Å². The van der Waals surface area contributed by atoms with Crippen LogP contribution in [0.2, 0.25) is 10.0 Å². The molecule has 0 aliphatic carbocycles. The van der Waals surface area contributed by atoms with Crippen molar-refractivity contribution in [3.05, 3.63) is 28.2 Å². The normalized spacial score (nSPS) is 12.3. The molecular formula is C9H10Cl2N2O2. The maximum atomic E-state index is 11.2. The number of halogens is 2. The molecule has 1 aromatic rings. The number of hydrogen-bond acceptors (Lipinski definition) is 3. The average Bonchev–Trinajstić information content (AvgIpc) is 2.20.